The molecule has 5 heteroatoms. The van der Waals surface area contributed by atoms with Crippen LogP contribution in [0.15, 0.2) is 54.6 Å². The Morgan fingerprint density at radius 2 is 1.56 bits per heavy atom. The van der Waals surface area contributed by atoms with Crippen LogP contribution in [-0.4, -0.2) is 32.6 Å². The molecule has 0 aliphatic rings. The van der Waals surface area contributed by atoms with Crippen molar-refractivity contribution in [3.63, 3.8) is 0 Å². The SMILES string of the molecule is CCC(CNC(=O)c1ccc(C(=O)OC)cc1)(OC)c1ccccc1. The second-order valence-corrected chi connectivity index (χ2v) is 5.67. The van der Waals surface area contributed by atoms with E-state index < -0.39 is 11.6 Å². The van der Waals surface area contributed by atoms with Crippen molar-refractivity contribution in [2.45, 2.75) is 18.9 Å². The Morgan fingerprint density at radius 3 is 2.08 bits per heavy atom. The first-order chi connectivity index (χ1) is 12.1. The van der Waals surface area contributed by atoms with Crippen LogP contribution in [0.3, 0.4) is 0 Å². The van der Waals surface area contributed by atoms with Crippen LogP contribution in [0.4, 0.5) is 0 Å². The number of methoxy groups -OCH3 is 2. The van der Waals surface area contributed by atoms with E-state index in [9.17, 15) is 9.59 Å². The van der Waals surface area contributed by atoms with E-state index in [1.165, 1.54) is 7.11 Å². The molecule has 132 valence electrons. The van der Waals surface area contributed by atoms with Crippen molar-refractivity contribution in [2.75, 3.05) is 20.8 Å². The van der Waals surface area contributed by atoms with E-state index >= 15 is 0 Å². The quantitative estimate of drug-likeness (QED) is 0.786. The Bertz CT molecular complexity index is 706. The van der Waals surface area contributed by atoms with E-state index in [-0.39, 0.29) is 5.91 Å². The number of hydrogen-bond donors (Lipinski definition) is 1. The first-order valence-corrected chi connectivity index (χ1v) is 8.13. The minimum atomic E-state index is -0.580. The highest BCUT2D eigenvalue weighted by atomic mass is 16.5. The number of nitrogens with one attached hydrogen (secondary N) is 1. The summed E-state index contributed by atoms with van der Waals surface area (Å²) in [4.78, 5) is 23.9. The lowest BCUT2D eigenvalue weighted by Crippen LogP contribution is -2.41. The van der Waals surface area contributed by atoms with E-state index in [1.807, 2.05) is 37.3 Å². The van der Waals surface area contributed by atoms with Gasteiger partial charge in [-0.2, -0.15) is 0 Å². The Morgan fingerprint density at radius 1 is 0.960 bits per heavy atom. The van der Waals surface area contributed by atoms with Crippen LogP contribution < -0.4 is 5.32 Å². The zero-order valence-corrected chi connectivity index (χ0v) is 14.7. The fourth-order valence-corrected chi connectivity index (χ4v) is 2.71. The van der Waals surface area contributed by atoms with Gasteiger partial charge in [-0.3, -0.25) is 4.79 Å². The van der Waals surface area contributed by atoms with E-state index in [0.29, 0.717) is 17.7 Å². The van der Waals surface area contributed by atoms with Crippen LogP contribution in [0.25, 0.3) is 0 Å². The molecule has 0 bridgehead atoms. The average Bonchev–Trinajstić information content (AvgIpc) is 2.69. The molecule has 1 N–H and O–H groups in total. The summed E-state index contributed by atoms with van der Waals surface area (Å²) >= 11 is 0. The van der Waals surface area contributed by atoms with Crippen LogP contribution in [-0.2, 0) is 15.1 Å². The fourth-order valence-electron chi connectivity index (χ4n) is 2.71. The molecule has 0 fully saturated rings. The zero-order valence-electron chi connectivity index (χ0n) is 14.7. The van der Waals surface area contributed by atoms with E-state index in [0.717, 1.165) is 12.0 Å². The van der Waals surface area contributed by atoms with Gasteiger partial charge in [0.15, 0.2) is 0 Å². The van der Waals surface area contributed by atoms with Crippen molar-refractivity contribution < 1.29 is 19.1 Å². The summed E-state index contributed by atoms with van der Waals surface area (Å²) in [5.74, 6) is -0.650. The van der Waals surface area contributed by atoms with Crippen LogP contribution in [0, 0.1) is 0 Å². The van der Waals surface area contributed by atoms with Gasteiger partial charge in [-0.25, -0.2) is 4.79 Å². The smallest absolute Gasteiger partial charge is 0.337 e. The number of benzene rings is 2. The van der Waals surface area contributed by atoms with Crippen LogP contribution in [0.2, 0.25) is 0 Å². The van der Waals surface area contributed by atoms with Gasteiger partial charge in [-0.15, -0.1) is 0 Å². The van der Waals surface area contributed by atoms with Crippen LogP contribution >= 0.6 is 0 Å². The number of amides is 1. The van der Waals surface area contributed by atoms with Gasteiger partial charge in [-0.1, -0.05) is 37.3 Å². The van der Waals surface area contributed by atoms with Crippen LogP contribution in [0.1, 0.15) is 39.6 Å². The first-order valence-electron chi connectivity index (χ1n) is 8.13. The molecule has 2 aromatic rings. The predicted octanol–water partition coefficient (Wildman–Crippen LogP) is 3.15. The predicted molar refractivity (Wildman–Crippen MR) is 95.5 cm³/mol. The second kappa shape index (κ2) is 8.44. The molecule has 0 radical (unpaired) electrons. The van der Waals surface area contributed by atoms with Crippen molar-refractivity contribution in [3.05, 3.63) is 71.3 Å². The minimum Gasteiger partial charge on any atom is -0.465 e. The molecule has 5 nitrogen and oxygen atoms in total. The molecule has 1 amide bonds. The maximum absolute atomic E-state index is 12.4. The molecule has 0 spiro atoms. The summed E-state index contributed by atoms with van der Waals surface area (Å²) in [6, 6.07) is 16.2. The van der Waals surface area contributed by atoms with Gasteiger partial charge in [0.2, 0.25) is 0 Å². The Labute approximate surface area is 148 Å². The normalized spacial score (nSPS) is 12.9. The Hall–Kier alpha value is -2.66. The van der Waals surface area contributed by atoms with Gasteiger partial charge in [0, 0.05) is 12.7 Å². The molecule has 1 atom stereocenters. The van der Waals surface area contributed by atoms with Crippen molar-refractivity contribution in [3.8, 4) is 0 Å². The number of ether oxygens (including phenoxy) is 2. The van der Waals surface area contributed by atoms with Crippen molar-refractivity contribution in [1.82, 2.24) is 5.32 Å². The molecular formula is C20H23NO4. The molecule has 2 rings (SSSR count). The lowest BCUT2D eigenvalue weighted by molar-refractivity contribution is -0.0164. The third-order valence-electron chi connectivity index (χ3n) is 4.36. The molecule has 0 heterocycles. The highest BCUT2D eigenvalue weighted by molar-refractivity contribution is 5.96. The second-order valence-electron chi connectivity index (χ2n) is 5.67. The number of carbonyl (C=O) groups excluding carboxylic acids is 2. The third-order valence-corrected chi connectivity index (χ3v) is 4.36. The number of esters is 1. The standard InChI is InChI=1S/C20H23NO4/c1-4-20(25-3,17-8-6-5-7-9-17)14-21-18(22)15-10-12-16(13-11-15)19(23)24-2/h5-13H,4,14H2,1-3H3,(H,21,22). The molecule has 0 saturated carbocycles. The fraction of sp³-hybridized carbons (Fsp3) is 0.300. The third kappa shape index (κ3) is 4.25. The molecule has 0 aliphatic heterocycles. The summed E-state index contributed by atoms with van der Waals surface area (Å²) in [5.41, 5.74) is 1.31. The molecule has 25 heavy (non-hydrogen) atoms. The lowest BCUT2D eigenvalue weighted by Gasteiger charge is -2.32. The van der Waals surface area contributed by atoms with Gasteiger partial charge >= 0.3 is 5.97 Å². The maximum atomic E-state index is 12.4. The van der Waals surface area contributed by atoms with Crippen molar-refractivity contribution in [1.29, 1.82) is 0 Å². The minimum absolute atomic E-state index is 0.220. The lowest BCUT2D eigenvalue weighted by atomic mass is 9.90. The van der Waals surface area contributed by atoms with E-state index in [1.54, 1.807) is 31.4 Å². The summed E-state index contributed by atoms with van der Waals surface area (Å²) in [6.07, 6.45) is 0.717. The summed E-state index contributed by atoms with van der Waals surface area (Å²) in [7, 11) is 2.97. The highest BCUT2D eigenvalue weighted by Crippen LogP contribution is 2.28. The van der Waals surface area contributed by atoms with Gasteiger partial charge in [-0.05, 0) is 36.2 Å². The highest BCUT2D eigenvalue weighted by Gasteiger charge is 2.30. The van der Waals surface area contributed by atoms with Crippen molar-refractivity contribution >= 4 is 11.9 Å². The number of rotatable bonds is 7. The zero-order chi connectivity index (χ0) is 18.3. The summed E-state index contributed by atoms with van der Waals surface area (Å²) in [6.45, 7) is 2.37. The number of carbonyl (C=O) groups is 2. The molecular weight excluding hydrogens is 318 g/mol. The Balaban J connectivity index is 2.10. The molecule has 2 aromatic carbocycles. The monoisotopic (exact) mass is 341 g/mol. The van der Waals surface area contributed by atoms with Gasteiger partial charge in [0.05, 0.1) is 19.2 Å². The summed E-state index contributed by atoms with van der Waals surface area (Å²) < 4.78 is 10.4. The average molecular weight is 341 g/mol. The topological polar surface area (TPSA) is 64.6 Å². The van der Waals surface area contributed by atoms with Crippen molar-refractivity contribution in [2.24, 2.45) is 0 Å². The van der Waals surface area contributed by atoms with Crippen LogP contribution in [0.5, 0.6) is 0 Å². The number of hydrogen-bond acceptors (Lipinski definition) is 4. The Kier molecular flexibility index (Phi) is 6.31. The molecule has 0 aromatic heterocycles. The first kappa shape index (κ1) is 18.7. The molecule has 1 unspecified atom stereocenters. The van der Waals surface area contributed by atoms with Gasteiger partial charge < -0.3 is 14.8 Å². The van der Waals surface area contributed by atoms with Gasteiger partial charge in [0.1, 0.15) is 5.60 Å². The van der Waals surface area contributed by atoms with E-state index in [2.05, 4.69) is 10.1 Å². The summed E-state index contributed by atoms with van der Waals surface area (Å²) in [5, 5.41) is 2.92. The van der Waals surface area contributed by atoms with E-state index in [4.69, 9.17) is 4.74 Å². The van der Waals surface area contributed by atoms with Gasteiger partial charge in [0.25, 0.3) is 5.91 Å². The molecule has 0 aliphatic carbocycles. The maximum Gasteiger partial charge on any atom is 0.337 e. The largest absolute Gasteiger partial charge is 0.465 e. The molecule has 0 saturated heterocycles.